The number of fused-ring (bicyclic) bond motifs is 1. The highest BCUT2D eigenvalue weighted by molar-refractivity contribution is 5.33. The monoisotopic (exact) mass is 288 g/mol. The molecular formula is C18H28N2O. The summed E-state index contributed by atoms with van der Waals surface area (Å²) < 4.78 is 5.46. The van der Waals surface area contributed by atoms with Crippen LogP contribution in [0.4, 0.5) is 0 Å². The molecule has 21 heavy (non-hydrogen) atoms. The minimum Gasteiger partial charge on any atom is -0.496 e. The molecule has 2 aliphatic heterocycles. The van der Waals surface area contributed by atoms with E-state index >= 15 is 0 Å². The van der Waals surface area contributed by atoms with Gasteiger partial charge in [0.15, 0.2) is 0 Å². The van der Waals surface area contributed by atoms with Crippen LogP contribution in [0, 0.1) is 0 Å². The van der Waals surface area contributed by atoms with E-state index in [4.69, 9.17) is 4.74 Å². The first-order chi connectivity index (χ1) is 10.3. The summed E-state index contributed by atoms with van der Waals surface area (Å²) in [7, 11) is 1.76. The predicted molar refractivity (Wildman–Crippen MR) is 86.9 cm³/mol. The fraction of sp³-hybridized carbons (Fsp3) is 0.667. The van der Waals surface area contributed by atoms with E-state index in [-0.39, 0.29) is 0 Å². The molecule has 1 aromatic rings. The minimum atomic E-state index is 0.499. The quantitative estimate of drug-likeness (QED) is 0.901. The maximum Gasteiger partial charge on any atom is 0.122 e. The Morgan fingerprint density at radius 2 is 2.14 bits per heavy atom. The number of methoxy groups -OCH3 is 1. The van der Waals surface area contributed by atoms with Crippen molar-refractivity contribution in [2.45, 2.75) is 57.2 Å². The molecule has 2 aliphatic rings. The van der Waals surface area contributed by atoms with Crippen LogP contribution >= 0.6 is 0 Å². The zero-order chi connectivity index (χ0) is 14.7. The van der Waals surface area contributed by atoms with Crippen LogP contribution in [-0.4, -0.2) is 43.2 Å². The molecule has 2 heterocycles. The lowest BCUT2D eigenvalue weighted by Crippen LogP contribution is -2.48. The van der Waals surface area contributed by atoms with Crippen molar-refractivity contribution in [3.05, 3.63) is 29.8 Å². The van der Waals surface area contributed by atoms with Crippen molar-refractivity contribution >= 4 is 0 Å². The lowest BCUT2D eigenvalue weighted by Gasteiger charge is -2.36. The third-order valence-corrected chi connectivity index (χ3v) is 5.06. The molecule has 2 saturated heterocycles. The maximum absolute atomic E-state index is 5.46. The lowest BCUT2D eigenvalue weighted by atomic mass is 9.96. The third kappa shape index (κ3) is 3.58. The minimum absolute atomic E-state index is 0.499. The molecule has 0 amide bonds. The number of ether oxygens (including phenoxy) is 1. The van der Waals surface area contributed by atoms with Gasteiger partial charge in [0.25, 0.3) is 0 Å². The van der Waals surface area contributed by atoms with Crippen LogP contribution in [0.3, 0.4) is 0 Å². The van der Waals surface area contributed by atoms with Gasteiger partial charge in [-0.15, -0.1) is 0 Å². The number of nitrogens with zero attached hydrogens (tertiary/aromatic N) is 1. The molecule has 3 rings (SSSR count). The Hall–Kier alpha value is -1.06. The molecule has 0 spiro atoms. The van der Waals surface area contributed by atoms with Gasteiger partial charge < -0.3 is 15.0 Å². The topological polar surface area (TPSA) is 24.5 Å². The highest BCUT2D eigenvalue weighted by Crippen LogP contribution is 2.27. The van der Waals surface area contributed by atoms with Crippen molar-refractivity contribution < 1.29 is 4.74 Å². The van der Waals surface area contributed by atoms with Gasteiger partial charge in [0.1, 0.15) is 5.75 Å². The van der Waals surface area contributed by atoms with E-state index in [0.717, 1.165) is 18.2 Å². The molecule has 116 valence electrons. The summed E-state index contributed by atoms with van der Waals surface area (Å²) in [6.07, 6.45) is 6.46. The van der Waals surface area contributed by atoms with E-state index in [1.54, 1.807) is 7.11 Å². The highest BCUT2D eigenvalue weighted by atomic mass is 16.5. The highest BCUT2D eigenvalue weighted by Gasteiger charge is 2.31. The van der Waals surface area contributed by atoms with Crippen LogP contribution in [0.25, 0.3) is 0 Å². The normalized spacial score (nSPS) is 27.3. The van der Waals surface area contributed by atoms with E-state index in [1.165, 1.54) is 44.3 Å². The van der Waals surface area contributed by atoms with E-state index in [1.807, 2.05) is 6.07 Å². The number of para-hydroxylation sites is 1. The molecule has 2 fully saturated rings. The summed E-state index contributed by atoms with van der Waals surface area (Å²) in [5.41, 5.74) is 1.30. The molecule has 0 saturated carbocycles. The molecule has 0 aliphatic carbocycles. The van der Waals surface area contributed by atoms with Gasteiger partial charge in [-0.25, -0.2) is 0 Å². The van der Waals surface area contributed by atoms with Gasteiger partial charge in [-0.1, -0.05) is 18.2 Å². The van der Waals surface area contributed by atoms with Crippen LogP contribution in [-0.2, 0) is 6.42 Å². The van der Waals surface area contributed by atoms with Gasteiger partial charge in [-0.2, -0.15) is 0 Å². The average molecular weight is 288 g/mol. The Morgan fingerprint density at radius 1 is 1.29 bits per heavy atom. The van der Waals surface area contributed by atoms with Crippen molar-refractivity contribution in [2.24, 2.45) is 0 Å². The molecule has 3 nitrogen and oxygen atoms in total. The predicted octanol–water partition coefficient (Wildman–Crippen LogP) is 2.84. The van der Waals surface area contributed by atoms with E-state index in [9.17, 15) is 0 Å². The molecular weight excluding hydrogens is 260 g/mol. The first kappa shape index (κ1) is 14.9. The summed E-state index contributed by atoms with van der Waals surface area (Å²) in [5.74, 6) is 1.01. The van der Waals surface area contributed by atoms with E-state index in [2.05, 4.69) is 35.3 Å². The van der Waals surface area contributed by atoms with Crippen molar-refractivity contribution in [1.29, 1.82) is 0 Å². The zero-order valence-electron chi connectivity index (χ0n) is 13.3. The van der Waals surface area contributed by atoms with Gasteiger partial charge >= 0.3 is 0 Å². The molecule has 0 bridgehead atoms. The van der Waals surface area contributed by atoms with Crippen molar-refractivity contribution in [3.8, 4) is 5.75 Å². The van der Waals surface area contributed by atoms with Crippen LogP contribution in [0.5, 0.6) is 5.75 Å². The summed E-state index contributed by atoms with van der Waals surface area (Å²) in [4.78, 5) is 2.68. The Kier molecular flexibility index (Phi) is 4.81. The second-order valence-corrected chi connectivity index (χ2v) is 6.64. The van der Waals surface area contributed by atoms with Crippen LogP contribution in [0.2, 0.25) is 0 Å². The molecule has 3 unspecified atom stereocenters. The van der Waals surface area contributed by atoms with E-state index < -0.39 is 0 Å². The molecule has 0 radical (unpaired) electrons. The van der Waals surface area contributed by atoms with Crippen LogP contribution in [0.1, 0.15) is 38.2 Å². The first-order valence-corrected chi connectivity index (χ1v) is 8.38. The van der Waals surface area contributed by atoms with Gasteiger partial charge in [0.05, 0.1) is 7.11 Å². The third-order valence-electron chi connectivity index (χ3n) is 5.06. The SMILES string of the molecule is COc1ccccc1CC(C)NC1CCN2CCCC2C1. The van der Waals surface area contributed by atoms with Crippen LogP contribution in [0.15, 0.2) is 24.3 Å². The van der Waals surface area contributed by atoms with E-state index in [0.29, 0.717) is 12.1 Å². The van der Waals surface area contributed by atoms with Gasteiger partial charge in [-0.05, 0) is 63.7 Å². The van der Waals surface area contributed by atoms with Crippen LogP contribution < -0.4 is 10.1 Å². The summed E-state index contributed by atoms with van der Waals surface area (Å²) in [6.45, 7) is 4.91. The Bertz CT molecular complexity index is 462. The molecule has 0 aromatic heterocycles. The fourth-order valence-electron chi connectivity index (χ4n) is 4.04. The number of piperidine rings is 1. The molecule has 1 N–H and O–H groups in total. The first-order valence-electron chi connectivity index (χ1n) is 8.38. The number of rotatable bonds is 5. The van der Waals surface area contributed by atoms with Gasteiger partial charge in [-0.3, -0.25) is 0 Å². The summed E-state index contributed by atoms with van der Waals surface area (Å²) in [6, 6.07) is 10.4. The van der Waals surface area contributed by atoms with Crippen molar-refractivity contribution in [3.63, 3.8) is 0 Å². The van der Waals surface area contributed by atoms with Gasteiger partial charge in [0, 0.05) is 18.1 Å². The fourth-order valence-corrected chi connectivity index (χ4v) is 4.04. The van der Waals surface area contributed by atoms with Crippen molar-refractivity contribution in [2.75, 3.05) is 20.2 Å². The Labute approximate surface area is 128 Å². The second kappa shape index (κ2) is 6.80. The smallest absolute Gasteiger partial charge is 0.122 e. The second-order valence-electron chi connectivity index (χ2n) is 6.64. The standard InChI is InChI=1S/C18H28N2O/c1-14(12-15-6-3-4-8-18(15)21-2)19-16-9-11-20-10-5-7-17(20)13-16/h3-4,6,8,14,16-17,19H,5,7,9-13H2,1-2H3. The summed E-state index contributed by atoms with van der Waals surface area (Å²) in [5, 5.41) is 3.85. The number of hydrogen-bond acceptors (Lipinski definition) is 3. The Balaban J connectivity index is 1.53. The number of nitrogens with one attached hydrogen (secondary N) is 1. The number of hydrogen-bond donors (Lipinski definition) is 1. The maximum atomic E-state index is 5.46. The number of benzene rings is 1. The average Bonchev–Trinajstić information content (AvgIpc) is 2.95. The molecule has 1 aromatic carbocycles. The Morgan fingerprint density at radius 3 is 3.00 bits per heavy atom. The zero-order valence-corrected chi connectivity index (χ0v) is 13.3. The lowest BCUT2D eigenvalue weighted by molar-refractivity contribution is 0.162. The summed E-state index contributed by atoms with van der Waals surface area (Å²) >= 11 is 0. The largest absolute Gasteiger partial charge is 0.496 e. The molecule has 3 atom stereocenters. The molecule has 3 heteroatoms. The van der Waals surface area contributed by atoms with Gasteiger partial charge in [0.2, 0.25) is 0 Å². The van der Waals surface area contributed by atoms with Crippen molar-refractivity contribution in [1.82, 2.24) is 10.2 Å².